The Bertz CT molecular complexity index is 746. The van der Waals surface area contributed by atoms with E-state index in [-0.39, 0.29) is 12.5 Å². The van der Waals surface area contributed by atoms with Crippen molar-refractivity contribution in [1.29, 1.82) is 0 Å². The number of carbonyl (C=O) groups is 1. The molecular weight excluding hydrogens is 298 g/mol. The summed E-state index contributed by atoms with van der Waals surface area (Å²) in [5.74, 6) is -1.42. The number of halogens is 2. The minimum Gasteiger partial charge on any atom is -0.385 e. The SMILES string of the molecule is CN(Cc1ccc(F)cc1F)C(=O)c1cccc2c1CCCN2. The molecule has 0 saturated carbocycles. The van der Waals surface area contributed by atoms with Crippen LogP contribution < -0.4 is 5.32 Å². The number of carbonyl (C=O) groups excluding carboxylic acids is 1. The second-order valence-electron chi connectivity index (χ2n) is 5.76. The van der Waals surface area contributed by atoms with Gasteiger partial charge in [0.25, 0.3) is 5.91 Å². The summed E-state index contributed by atoms with van der Waals surface area (Å²) >= 11 is 0. The number of benzene rings is 2. The van der Waals surface area contributed by atoms with Crippen LogP contribution in [0.25, 0.3) is 0 Å². The number of nitrogens with one attached hydrogen (secondary N) is 1. The van der Waals surface area contributed by atoms with Gasteiger partial charge in [0.15, 0.2) is 0 Å². The summed E-state index contributed by atoms with van der Waals surface area (Å²) in [5, 5.41) is 3.29. The fourth-order valence-electron chi connectivity index (χ4n) is 2.89. The molecule has 1 aliphatic rings. The molecule has 1 N–H and O–H groups in total. The molecule has 0 saturated heterocycles. The fraction of sp³-hybridized carbons (Fsp3) is 0.278. The zero-order valence-electron chi connectivity index (χ0n) is 12.9. The van der Waals surface area contributed by atoms with Crippen molar-refractivity contribution in [2.45, 2.75) is 19.4 Å². The van der Waals surface area contributed by atoms with Crippen molar-refractivity contribution in [3.05, 3.63) is 64.7 Å². The molecule has 0 fully saturated rings. The molecule has 0 radical (unpaired) electrons. The lowest BCUT2D eigenvalue weighted by Gasteiger charge is -2.24. The van der Waals surface area contributed by atoms with Gasteiger partial charge in [0.1, 0.15) is 11.6 Å². The van der Waals surface area contributed by atoms with E-state index in [2.05, 4.69) is 5.32 Å². The average molecular weight is 316 g/mol. The largest absolute Gasteiger partial charge is 0.385 e. The molecule has 0 unspecified atom stereocenters. The highest BCUT2D eigenvalue weighted by Crippen LogP contribution is 2.26. The molecular formula is C18H18F2N2O. The number of amides is 1. The summed E-state index contributed by atoms with van der Waals surface area (Å²) in [6.07, 6.45) is 1.83. The van der Waals surface area contributed by atoms with Crippen LogP contribution in [0.5, 0.6) is 0 Å². The van der Waals surface area contributed by atoms with Crippen molar-refractivity contribution >= 4 is 11.6 Å². The lowest BCUT2D eigenvalue weighted by atomic mass is 9.97. The van der Waals surface area contributed by atoms with Crippen LogP contribution in [0.2, 0.25) is 0 Å². The molecule has 5 heteroatoms. The van der Waals surface area contributed by atoms with Gasteiger partial charge in [-0.05, 0) is 36.6 Å². The molecule has 0 aromatic heterocycles. The number of hydrogen-bond donors (Lipinski definition) is 1. The molecule has 1 heterocycles. The summed E-state index contributed by atoms with van der Waals surface area (Å²) < 4.78 is 26.7. The molecule has 3 nitrogen and oxygen atoms in total. The molecule has 1 aliphatic heterocycles. The number of fused-ring (bicyclic) bond motifs is 1. The summed E-state index contributed by atoms with van der Waals surface area (Å²) in [7, 11) is 1.63. The van der Waals surface area contributed by atoms with Crippen LogP contribution in [0.1, 0.15) is 27.9 Å². The molecule has 2 aromatic rings. The van der Waals surface area contributed by atoms with E-state index in [1.807, 2.05) is 12.1 Å². The van der Waals surface area contributed by atoms with Crippen LogP contribution in [0.3, 0.4) is 0 Å². The number of anilines is 1. The maximum absolute atomic E-state index is 13.8. The molecule has 120 valence electrons. The van der Waals surface area contributed by atoms with E-state index >= 15 is 0 Å². The van der Waals surface area contributed by atoms with Gasteiger partial charge in [0.2, 0.25) is 0 Å². The minimum absolute atomic E-state index is 0.0992. The van der Waals surface area contributed by atoms with Gasteiger partial charge in [0, 0.05) is 43.0 Å². The minimum atomic E-state index is -0.638. The topological polar surface area (TPSA) is 32.3 Å². The van der Waals surface area contributed by atoms with Crippen LogP contribution in [0.15, 0.2) is 36.4 Å². The Morgan fingerprint density at radius 3 is 2.87 bits per heavy atom. The maximum Gasteiger partial charge on any atom is 0.254 e. The van der Waals surface area contributed by atoms with Crippen molar-refractivity contribution in [3.63, 3.8) is 0 Å². The normalized spacial score (nSPS) is 13.2. The highest BCUT2D eigenvalue weighted by atomic mass is 19.1. The Balaban J connectivity index is 1.83. The van der Waals surface area contributed by atoms with Crippen LogP contribution in [-0.4, -0.2) is 24.4 Å². The predicted molar refractivity (Wildman–Crippen MR) is 85.4 cm³/mol. The highest BCUT2D eigenvalue weighted by Gasteiger charge is 2.20. The molecule has 0 aliphatic carbocycles. The Labute approximate surface area is 133 Å². The molecule has 0 spiro atoms. The van der Waals surface area contributed by atoms with Crippen molar-refractivity contribution in [3.8, 4) is 0 Å². The maximum atomic E-state index is 13.8. The first-order chi connectivity index (χ1) is 11.1. The first kappa shape index (κ1) is 15.5. The summed E-state index contributed by atoms with van der Waals surface area (Å²) in [6, 6.07) is 9.01. The van der Waals surface area contributed by atoms with Gasteiger partial charge in [-0.15, -0.1) is 0 Å². The standard InChI is InChI=1S/C18H18F2N2O/c1-22(11-12-7-8-13(19)10-16(12)20)18(23)15-4-2-6-17-14(15)5-3-9-21-17/h2,4,6-8,10,21H,3,5,9,11H2,1H3. The molecule has 3 rings (SSSR count). The Morgan fingerprint density at radius 2 is 2.09 bits per heavy atom. The molecule has 0 atom stereocenters. The first-order valence-corrected chi connectivity index (χ1v) is 7.61. The van der Waals surface area contributed by atoms with Gasteiger partial charge in [-0.25, -0.2) is 8.78 Å². The highest BCUT2D eigenvalue weighted by molar-refractivity contribution is 5.97. The van der Waals surface area contributed by atoms with E-state index in [1.165, 1.54) is 17.0 Å². The van der Waals surface area contributed by atoms with Crippen molar-refractivity contribution in [2.24, 2.45) is 0 Å². The van der Waals surface area contributed by atoms with Gasteiger partial charge in [0.05, 0.1) is 0 Å². The van der Waals surface area contributed by atoms with Crippen LogP contribution >= 0.6 is 0 Å². The third kappa shape index (κ3) is 3.18. The van der Waals surface area contributed by atoms with Gasteiger partial charge < -0.3 is 10.2 Å². The summed E-state index contributed by atoms with van der Waals surface area (Å²) in [4.78, 5) is 14.2. The van der Waals surface area contributed by atoms with E-state index < -0.39 is 11.6 Å². The summed E-state index contributed by atoms with van der Waals surface area (Å²) in [6.45, 7) is 1.00. The molecule has 2 aromatic carbocycles. The number of nitrogens with zero attached hydrogens (tertiary/aromatic N) is 1. The third-order valence-electron chi connectivity index (χ3n) is 4.09. The van der Waals surface area contributed by atoms with E-state index in [0.717, 1.165) is 36.7 Å². The number of rotatable bonds is 3. The average Bonchev–Trinajstić information content (AvgIpc) is 2.56. The smallest absolute Gasteiger partial charge is 0.254 e. The Kier molecular flexibility index (Phi) is 4.28. The fourth-order valence-corrected chi connectivity index (χ4v) is 2.89. The molecule has 23 heavy (non-hydrogen) atoms. The van der Waals surface area contributed by atoms with Gasteiger partial charge >= 0.3 is 0 Å². The van der Waals surface area contributed by atoms with E-state index in [0.29, 0.717) is 11.1 Å². The quantitative estimate of drug-likeness (QED) is 0.938. The first-order valence-electron chi connectivity index (χ1n) is 7.61. The van der Waals surface area contributed by atoms with Crippen molar-refractivity contribution in [2.75, 3.05) is 18.9 Å². The van der Waals surface area contributed by atoms with Crippen molar-refractivity contribution in [1.82, 2.24) is 4.90 Å². The predicted octanol–water partition coefficient (Wildman–Crippen LogP) is 3.60. The van der Waals surface area contributed by atoms with Crippen molar-refractivity contribution < 1.29 is 13.6 Å². The van der Waals surface area contributed by atoms with Gasteiger partial charge in [-0.2, -0.15) is 0 Å². The van der Waals surface area contributed by atoms with Gasteiger partial charge in [-0.1, -0.05) is 12.1 Å². The molecule has 0 bridgehead atoms. The van der Waals surface area contributed by atoms with Crippen LogP contribution in [0.4, 0.5) is 14.5 Å². The monoisotopic (exact) mass is 316 g/mol. The second kappa shape index (κ2) is 6.36. The van der Waals surface area contributed by atoms with Gasteiger partial charge in [-0.3, -0.25) is 4.79 Å². The van der Waals surface area contributed by atoms with Crippen LogP contribution in [-0.2, 0) is 13.0 Å². The zero-order valence-corrected chi connectivity index (χ0v) is 12.9. The lowest BCUT2D eigenvalue weighted by Crippen LogP contribution is -2.28. The lowest BCUT2D eigenvalue weighted by molar-refractivity contribution is 0.0782. The Hall–Kier alpha value is -2.43. The van der Waals surface area contributed by atoms with Crippen LogP contribution in [0, 0.1) is 11.6 Å². The van der Waals surface area contributed by atoms with E-state index in [1.54, 1.807) is 13.1 Å². The van der Waals surface area contributed by atoms with E-state index in [9.17, 15) is 13.6 Å². The summed E-state index contributed by atoms with van der Waals surface area (Å²) in [5.41, 5.74) is 2.93. The third-order valence-corrected chi connectivity index (χ3v) is 4.09. The van der Waals surface area contributed by atoms with E-state index in [4.69, 9.17) is 0 Å². The Morgan fingerprint density at radius 1 is 1.26 bits per heavy atom. The zero-order chi connectivity index (χ0) is 16.4. The number of hydrogen-bond acceptors (Lipinski definition) is 2. The molecule has 1 amide bonds. The second-order valence-corrected chi connectivity index (χ2v) is 5.76.